The lowest BCUT2D eigenvalue weighted by molar-refractivity contribution is 0.0535. The summed E-state index contributed by atoms with van der Waals surface area (Å²) < 4.78 is 30.1. The van der Waals surface area contributed by atoms with Gasteiger partial charge >= 0.3 is 5.97 Å². The van der Waals surface area contributed by atoms with Crippen LogP contribution in [0.25, 0.3) is 5.82 Å². The van der Waals surface area contributed by atoms with Crippen LogP contribution in [0.4, 0.5) is 0 Å². The van der Waals surface area contributed by atoms with Gasteiger partial charge in [0, 0.05) is 43.2 Å². The van der Waals surface area contributed by atoms with E-state index in [2.05, 4.69) is 21.5 Å². The van der Waals surface area contributed by atoms with Gasteiger partial charge in [-0.15, -0.1) is 10.8 Å². The van der Waals surface area contributed by atoms with Crippen molar-refractivity contribution in [2.45, 2.75) is 39.5 Å². The van der Waals surface area contributed by atoms with Crippen molar-refractivity contribution in [1.82, 2.24) is 24.4 Å². The molecule has 4 heterocycles. The van der Waals surface area contributed by atoms with Crippen LogP contribution in [0.15, 0.2) is 36.8 Å². The van der Waals surface area contributed by atoms with Crippen LogP contribution in [0, 0.1) is 25.2 Å². The second kappa shape index (κ2) is 9.65. The van der Waals surface area contributed by atoms with Gasteiger partial charge in [0.1, 0.15) is 12.7 Å². The number of esters is 1. The van der Waals surface area contributed by atoms with Crippen molar-refractivity contribution < 1.29 is 18.6 Å². The number of carbonyl (C=O) groups excluding carboxylic acids is 1. The van der Waals surface area contributed by atoms with Crippen LogP contribution in [0.2, 0.25) is 0 Å². The largest absolute Gasteiger partial charge is 0.457 e. The van der Waals surface area contributed by atoms with Gasteiger partial charge in [-0.2, -0.15) is 14.7 Å². The van der Waals surface area contributed by atoms with E-state index in [0.717, 1.165) is 27.8 Å². The van der Waals surface area contributed by atoms with Crippen molar-refractivity contribution in [2.75, 3.05) is 18.8 Å². The number of nitrogens with one attached hydrogen (secondary N) is 1. The van der Waals surface area contributed by atoms with Crippen LogP contribution in [-0.4, -0.2) is 53.0 Å². The van der Waals surface area contributed by atoms with E-state index >= 15 is 0 Å². The second-order valence-corrected chi connectivity index (χ2v) is 11.3. The van der Waals surface area contributed by atoms with Gasteiger partial charge in [-0.3, -0.25) is 9.11 Å². The van der Waals surface area contributed by atoms with Gasteiger partial charge in [-0.1, -0.05) is 6.07 Å². The number of aromatic nitrogens is 3. The number of hydrogen-bond acceptors (Lipinski definition) is 9. The van der Waals surface area contributed by atoms with E-state index in [-0.39, 0.29) is 18.6 Å². The minimum atomic E-state index is -2.87. The van der Waals surface area contributed by atoms with Crippen LogP contribution in [0.3, 0.4) is 0 Å². The standard InChI is InChI=1S/C25H28N6O4S/c1-16-8-24(28-12-19(16)9-26)30-14-18(11-29-30)10-27-13-23(31-6-3-7-36(31,33)34)20-4-5-21-22(17(20)2)15-35-25(21)32/h4-5,8,11-12,14,23,27,33-34H,3,6-7,10,13,15H2,1-2H3. The van der Waals surface area contributed by atoms with E-state index in [4.69, 9.17) is 10.00 Å². The van der Waals surface area contributed by atoms with E-state index in [1.807, 2.05) is 32.2 Å². The molecule has 3 aromatic rings. The van der Waals surface area contributed by atoms with E-state index in [0.29, 0.717) is 48.8 Å². The minimum Gasteiger partial charge on any atom is -0.457 e. The summed E-state index contributed by atoms with van der Waals surface area (Å²) in [5.74, 6) is 0.676. The number of pyridine rings is 1. The fourth-order valence-electron chi connectivity index (χ4n) is 4.85. The fourth-order valence-corrected chi connectivity index (χ4v) is 6.61. The van der Waals surface area contributed by atoms with Crippen molar-refractivity contribution >= 4 is 16.7 Å². The third-order valence-electron chi connectivity index (χ3n) is 6.84. The zero-order chi connectivity index (χ0) is 25.4. The molecule has 2 aromatic heterocycles. The molecule has 0 radical (unpaired) electrons. The quantitative estimate of drug-likeness (QED) is 0.409. The van der Waals surface area contributed by atoms with Crippen LogP contribution in [0.1, 0.15) is 56.2 Å². The first-order valence-electron chi connectivity index (χ1n) is 11.7. The molecule has 1 saturated heterocycles. The average molecular weight is 509 g/mol. The second-order valence-electron chi connectivity index (χ2n) is 9.12. The lowest BCUT2D eigenvalue weighted by Gasteiger charge is -2.42. The molecular weight excluding hydrogens is 480 g/mol. The van der Waals surface area contributed by atoms with Gasteiger partial charge in [0.05, 0.1) is 29.1 Å². The highest BCUT2D eigenvalue weighted by Gasteiger charge is 2.37. The number of rotatable bonds is 7. The van der Waals surface area contributed by atoms with E-state index < -0.39 is 10.8 Å². The molecule has 3 N–H and O–H groups in total. The topological polar surface area (TPSA) is 137 Å². The van der Waals surface area contributed by atoms with Crippen LogP contribution in [0.5, 0.6) is 0 Å². The predicted octanol–water partition coefficient (Wildman–Crippen LogP) is 3.63. The molecule has 2 aliphatic heterocycles. The molecule has 11 heteroatoms. The summed E-state index contributed by atoms with van der Waals surface area (Å²) in [6, 6.07) is 7.33. The van der Waals surface area contributed by atoms with Crippen molar-refractivity contribution in [3.05, 3.63) is 75.7 Å². The van der Waals surface area contributed by atoms with Gasteiger partial charge in [-0.05, 0) is 49.1 Å². The molecule has 36 heavy (non-hydrogen) atoms. The third kappa shape index (κ3) is 4.50. The van der Waals surface area contributed by atoms with Crippen LogP contribution in [-0.2, 0) is 17.9 Å². The first-order valence-corrected chi connectivity index (χ1v) is 13.4. The summed E-state index contributed by atoms with van der Waals surface area (Å²) >= 11 is 0. The molecule has 1 aromatic carbocycles. The van der Waals surface area contributed by atoms with Crippen LogP contribution < -0.4 is 5.32 Å². The molecular formula is C25H28N6O4S. The Bertz CT molecular complexity index is 1370. The fraction of sp³-hybridized carbons (Fsp3) is 0.360. The first-order chi connectivity index (χ1) is 17.3. The highest BCUT2D eigenvalue weighted by atomic mass is 32.3. The van der Waals surface area contributed by atoms with Crippen molar-refractivity contribution in [2.24, 2.45) is 0 Å². The molecule has 10 nitrogen and oxygen atoms in total. The maximum atomic E-state index is 12.0. The Hall–Kier alpha value is -3.27. The van der Waals surface area contributed by atoms with E-state index in [1.165, 1.54) is 0 Å². The Morgan fingerprint density at radius 1 is 1.31 bits per heavy atom. The third-order valence-corrected chi connectivity index (χ3v) is 8.87. The number of hydrogen-bond donors (Lipinski definition) is 3. The number of fused-ring (bicyclic) bond motifs is 1. The van der Waals surface area contributed by atoms with Gasteiger partial charge in [0.25, 0.3) is 0 Å². The molecule has 2 aliphatic rings. The van der Waals surface area contributed by atoms with Crippen molar-refractivity contribution in [1.29, 1.82) is 5.26 Å². The molecule has 0 amide bonds. The summed E-state index contributed by atoms with van der Waals surface area (Å²) in [5, 5.41) is 17.0. The number of ether oxygens (including phenoxy) is 1. The van der Waals surface area contributed by atoms with Gasteiger partial charge in [-0.25, -0.2) is 14.5 Å². The molecule has 0 aliphatic carbocycles. The van der Waals surface area contributed by atoms with Crippen molar-refractivity contribution in [3.8, 4) is 11.9 Å². The average Bonchev–Trinajstić information content (AvgIpc) is 3.56. The van der Waals surface area contributed by atoms with Crippen molar-refractivity contribution in [3.63, 3.8) is 0 Å². The summed E-state index contributed by atoms with van der Waals surface area (Å²) in [4.78, 5) is 16.3. The van der Waals surface area contributed by atoms with Gasteiger partial charge < -0.3 is 10.1 Å². The summed E-state index contributed by atoms with van der Waals surface area (Å²) in [6.07, 6.45) is 5.89. The van der Waals surface area contributed by atoms with Gasteiger partial charge in [0.15, 0.2) is 5.82 Å². The maximum Gasteiger partial charge on any atom is 0.338 e. The normalized spacial score (nSPS) is 18.5. The smallest absolute Gasteiger partial charge is 0.338 e. The lowest BCUT2D eigenvalue weighted by Crippen LogP contribution is -2.35. The number of nitrogens with zero attached hydrogens (tertiary/aromatic N) is 5. The maximum absolute atomic E-state index is 12.0. The molecule has 1 unspecified atom stereocenters. The Morgan fingerprint density at radius 3 is 2.86 bits per heavy atom. The number of carbonyl (C=O) groups is 1. The Labute approximate surface area is 211 Å². The molecule has 5 rings (SSSR count). The minimum absolute atomic E-state index is 0.242. The molecule has 1 atom stereocenters. The number of aryl methyl sites for hydroxylation is 1. The van der Waals surface area contributed by atoms with E-state index in [1.54, 1.807) is 27.4 Å². The highest BCUT2D eigenvalue weighted by Crippen LogP contribution is 2.53. The number of cyclic esters (lactones) is 1. The van der Waals surface area contributed by atoms with E-state index in [9.17, 15) is 13.9 Å². The summed E-state index contributed by atoms with van der Waals surface area (Å²) in [5.41, 5.74) is 5.65. The Balaban J connectivity index is 1.34. The predicted molar refractivity (Wildman–Crippen MR) is 135 cm³/mol. The van der Waals surface area contributed by atoms with Crippen LogP contribution >= 0.6 is 10.8 Å². The highest BCUT2D eigenvalue weighted by molar-refractivity contribution is 8.22. The van der Waals surface area contributed by atoms with Gasteiger partial charge in [0.2, 0.25) is 0 Å². The number of nitriles is 1. The monoisotopic (exact) mass is 508 g/mol. The molecule has 0 saturated carbocycles. The molecule has 0 spiro atoms. The lowest BCUT2D eigenvalue weighted by atomic mass is 9.94. The number of benzene rings is 1. The molecule has 188 valence electrons. The Kier molecular flexibility index (Phi) is 6.55. The Morgan fingerprint density at radius 2 is 2.14 bits per heavy atom. The molecule has 1 fully saturated rings. The first kappa shape index (κ1) is 24.4. The molecule has 0 bridgehead atoms. The summed E-state index contributed by atoms with van der Waals surface area (Å²) in [7, 11) is -2.87. The SMILES string of the molecule is Cc1cc(-n2cc(CNCC(c3ccc4c(c3C)COC4=O)N3CCCS3(O)O)cn2)ncc1C#N. The zero-order valence-corrected chi connectivity index (χ0v) is 21.0. The zero-order valence-electron chi connectivity index (χ0n) is 20.1. The summed E-state index contributed by atoms with van der Waals surface area (Å²) in [6.45, 7) is 5.64.